The summed E-state index contributed by atoms with van der Waals surface area (Å²) in [5.74, 6) is -2.05. The second-order valence-electron chi connectivity index (χ2n) is 9.77. The fourth-order valence-electron chi connectivity index (χ4n) is 5.69. The van der Waals surface area contributed by atoms with Crippen LogP contribution in [0.5, 0.6) is 0 Å². The van der Waals surface area contributed by atoms with Gasteiger partial charge in [-0.25, -0.2) is 9.59 Å². The Morgan fingerprint density at radius 1 is 0.895 bits per heavy atom. The number of ether oxygens (including phenoxy) is 1. The average Bonchev–Trinajstić information content (AvgIpc) is 2.93. The topological polar surface area (TPSA) is 87.2 Å². The van der Waals surface area contributed by atoms with Crippen LogP contribution in [0.4, 0.5) is 4.79 Å². The number of amides is 2. The number of rotatable bonds is 6. The molecule has 38 heavy (non-hydrogen) atoms. The molecule has 2 amide bonds. The van der Waals surface area contributed by atoms with Gasteiger partial charge >= 0.3 is 12.1 Å². The Morgan fingerprint density at radius 3 is 2.08 bits per heavy atom. The number of hydrogen-bond donors (Lipinski definition) is 1. The molecular weight excluding hydrogens is 504 g/mol. The van der Waals surface area contributed by atoms with E-state index >= 15 is 0 Å². The maximum Gasteiger partial charge on any atom is 0.410 e. The average molecular weight is 533 g/mol. The minimum Gasteiger partial charge on any atom is -0.480 e. The summed E-state index contributed by atoms with van der Waals surface area (Å²) in [6, 6.07) is 23.6. The summed E-state index contributed by atoms with van der Waals surface area (Å²) in [5, 5.41) is 10.9. The van der Waals surface area contributed by atoms with Gasteiger partial charge in [0.25, 0.3) is 0 Å². The third kappa shape index (κ3) is 5.24. The number of piperidine rings is 1. The maximum atomic E-state index is 14.2. The molecule has 3 aromatic rings. The molecule has 2 heterocycles. The number of carbonyl (C=O) groups excluding carboxylic acids is 2. The predicted octanol–water partition coefficient (Wildman–Crippen LogP) is 5.33. The van der Waals surface area contributed by atoms with Gasteiger partial charge in [-0.2, -0.15) is 0 Å². The van der Waals surface area contributed by atoms with Crippen molar-refractivity contribution in [3.05, 3.63) is 107 Å². The van der Waals surface area contributed by atoms with Gasteiger partial charge in [0.05, 0.1) is 18.0 Å². The zero-order valence-electron chi connectivity index (χ0n) is 20.8. The van der Waals surface area contributed by atoms with Gasteiger partial charge in [0, 0.05) is 11.6 Å². The summed E-state index contributed by atoms with van der Waals surface area (Å²) in [6.45, 7) is 0.189. The molecule has 0 unspecified atom stereocenters. The molecule has 1 N–H and O–H groups in total. The number of hydrogen-bond acceptors (Lipinski definition) is 4. The van der Waals surface area contributed by atoms with Gasteiger partial charge in [-0.1, -0.05) is 84.4 Å². The van der Waals surface area contributed by atoms with E-state index in [0.29, 0.717) is 17.9 Å². The van der Waals surface area contributed by atoms with Gasteiger partial charge in [0.15, 0.2) is 0 Å². The van der Waals surface area contributed by atoms with Crippen LogP contribution in [0.1, 0.15) is 41.9 Å². The first-order chi connectivity index (χ1) is 18.4. The van der Waals surface area contributed by atoms with Crippen molar-refractivity contribution in [3.63, 3.8) is 0 Å². The monoisotopic (exact) mass is 532 g/mol. The first-order valence-corrected chi connectivity index (χ1v) is 13.1. The van der Waals surface area contributed by atoms with Crippen LogP contribution in [0, 0.1) is 0 Å². The minimum absolute atomic E-state index is 0.0520. The Balaban J connectivity index is 1.42. The molecule has 0 saturated carbocycles. The summed E-state index contributed by atoms with van der Waals surface area (Å²) in [4.78, 5) is 43.1. The number of likely N-dealkylation sites (tertiary alicyclic amines) is 1. The Morgan fingerprint density at radius 2 is 1.50 bits per heavy atom. The molecule has 7 nitrogen and oxygen atoms in total. The maximum absolute atomic E-state index is 14.2. The van der Waals surface area contributed by atoms with Crippen LogP contribution in [-0.4, -0.2) is 57.5 Å². The number of carboxylic acid groups (broad SMARTS) is 1. The van der Waals surface area contributed by atoms with Crippen LogP contribution >= 0.6 is 11.6 Å². The van der Waals surface area contributed by atoms with E-state index in [4.69, 9.17) is 16.3 Å². The Bertz CT molecular complexity index is 1250. The number of benzene rings is 3. The Kier molecular flexibility index (Phi) is 7.65. The molecule has 2 aliphatic rings. The van der Waals surface area contributed by atoms with Crippen LogP contribution in [-0.2, 0) is 20.9 Å². The lowest BCUT2D eigenvalue weighted by atomic mass is 9.83. The lowest BCUT2D eigenvalue weighted by Crippen LogP contribution is -2.70. The van der Waals surface area contributed by atoms with Crippen LogP contribution < -0.4 is 0 Å². The molecule has 2 aliphatic heterocycles. The lowest BCUT2D eigenvalue weighted by molar-refractivity contribution is -0.161. The van der Waals surface area contributed by atoms with Crippen LogP contribution in [0.25, 0.3) is 0 Å². The van der Waals surface area contributed by atoms with Gasteiger partial charge in [0.1, 0.15) is 12.6 Å². The number of piperazine rings is 1. The number of carboxylic acids is 1. The van der Waals surface area contributed by atoms with Crippen molar-refractivity contribution < 1.29 is 24.2 Å². The molecule has 5 rings (SSSR count). The van der Waals surface area contributed by atoms with Crippen LogP contribution in [0.2, 0.25) is 5.02 Å². The first-order valence-electron chi connectivity index (χ1n) is 12.8. The van der Waals surface area contributed by atoms with Crippen molar-refractivity contribution in [1.29, 1.82) is 0 Å². The van der Waals surface area contributed by atoms with E-state index in [9.17, 15) is 19.5 Å². The normalized spacial score (nSPS) is 20.7. The third-order valence-electron chi connectivity index (χ3n) is 7.43. The number of carbonyl (C=O) groups is 3. The summed E-state index contributed by atoms with van der Waals surface area (Å²) in [7, 11) is 0. The van der Waals surface area contributed by atoms with Crippen LogP contribution in [0.3, 0.4) is 0 Å². The highest BCUT2D eigenvalue weighted by Gasteiger charge is 2.52. The van der Waals surface area contributed by atoms with Crippen molar-refractivity contribution in [2.24, 2.45) is 0 Å². The molecule has 0 aliphatic carbocycles. The quantitative estimate of drug-likeness (QED) is 0.464. The molecule has 2 fully saturated rings. The van der Waals surface area contributed by atoms with Gasteiger partial charge in [-0.15, -0.1) is 0 Å². The summed E-state index contributed by atoms with van der Waals surface area (Å²) in [6.07, 6.45) is 1.37. The predicted molar refractivity (Wildman–Crippen MR) is 143 cm³/mol. The number of fused-ring (bicyclic) bond motifs is 2. The fourth-order valence-corrected chi connectivity index (χ4v) is 5.82. The zero-order valence-corrected chi connectivity index (χ0v) is 21.5. The van der Waals surface area contributed by atoms with E-state index in [0.717, 1.165) is 23.1 Å². The van der Waals surface area contributed by atoms with Crippen molar-refractivity contribution in [3.8, 4) is 0 Å². The van der Waals surface area contributed by atoms with E-state index in [1.54, 1.807) is 29.2 Å². The first kappa shape index (κ1) is 25.8. The van der Waals surface area contributed by atoms with Gasteiger partial charge in [0.2, 0.25) is 5.91 Å². The largest absolute Gasteiger partial charge is 0.480 e. The lowest BCUT2D eigenvalue weighted by Gasteiger charge is -2.52. The second-order valence-corrected chi connectivity index (χ2v) is 10.2. The van der Waals surface area contributed by atoms with Crippen LogP contribution in [0.15, 0.2) is 84.9 Å². The highest BCUT2D eigenvalue weighted by molar-refractivity contribution is 6.30. The van der Waals surface area contributed by atoms with E-state index in [1.165, 1.54) is 4.90 Å². The van der Waals surface area contributed by atoms with Gasteiger partial charge < -0.3 is 14.7 Å². The highest BCUT2D eigenvalue weighted by atomic mass is 35.5. The molecule has 196 valence electrons. The summed E-state index contributed by atoms with van der Waals surface area (Å²) in [5.41, 5.74) is 2.37. The molecule has 0 radical (unpaired) electrons. The number of nitrogens with zero attached hydrogens (tertiary/aromatic N) is 2. The van der Waals surface area contributed by atoms with E-state index in [2.05, 4.69) is 0 Å². The number of halogens is 1. The van der Waals surface area contributed by atoms with Crippen molar-refractivity contribution in [2.75, 3.05) is 6.54 Å². The van der Waals surface area contributed by atoms with Crippen molar-refractivity contribution >= 4 is 29.6 Å². The second kappa shape index (κ2) is 11.3. The smallest absolute Gasteiger partial charge is 0.410 e. The molecule has 8 heteroatoms. The number of aliphatic carboxylic acids is 1. The molecule has 0 aromatic heterocycles. The van der Waals surface area contributed by atoms with E-state index in [-0.39, 0.29) is 25.1 Å². The van der Waals surface area contributed by atoms with Gasteiger partial charge in [-0.3, -0.25) is 9.69 Å². The molecule has 3 atom stereocenters. The Labute approximate surface area is 226 Å². The van der Waals surface area contributed by atoms with E-state index in [1.807, 2.05) is 60.7 Å². The highest BCUT2D eigenvalue weighted by Crippen LogP contribution is 2.37. The summed E-state index contributed by atoms with van der Waals surface area (Å²) < 4.78 is 5.60. The molecule has 2 bridgehead atoms. The van der Waals surface area contributed by atoms with Crippen molar-refractivity contribution in [2.45, 2.75) is 49.9 Å². The minimum atomic E-state index is -1.17. The summed E-state index contributed by atoms with van der Waals surface area (Å²) >= 11 is 5.94. The molecule has 2 saturated heterocycles. The Hall–Kier alpha value is -3.84. The molecule has 3 aromatic carbocycles. The third-order valence-corrected chi connectivity index (χ3v) is 7.68. The van der Waals surface area contributed by atoms with Gasteiger partial charge in [-0.05, 0) is 48.1 Å². The fraction of sp³-hybridized carbons (Fsp3) is 0.300. The molecule has 0 spiro atoms. The SMILES string of the molecule is O=C(O)[C@@H]1[C@H]2CCC[C@@H](CN1C(=O)C(c1ccccc1)c1ccccc1)N2C(=O)OCc1ccc(Cl)cc1. The molecular formula is C30H29ClN2O5. The zero-order chi connectivity index (χ0) is 26.6. The van der Waals surface area contributed by atoms with E-state index < -0.39 is 30.1 Å². The van der Waals surface area contributed by atoms with Crippen molar-refractivity contribution in [1.82, 2.24) is 9.80 Å². The standard InChI is InChI=1S/C30H29ClN2O5/c31-23-16-14-20(15-17-23)19-38-30(37)33-24-12-7-13-25(33)27(29(35)36)32(18-24)28(34)26(21-8-3-1-4-9-21)22-10-5-2-6-11-22/h1-6,8-11,14-17,24-27H,7,12-13,18-19H2,(H,35,36)/t24-,25+,27-/m0/s1.